The molecular weight excluding hydrogens is 573 g/mol. The van der Waals surface area contributed by atoms with Gasteiger partial charge >= 0.3 is 0 Å². The van der Waals surface area contributed by atoms with E-state index in [4.69, 9.17) is 9.47 Å². The minimum Gasteiger partial charge on any atom is -0.490 e. The standard InChI is InChI=1S/C31H26IN3O2/c1-4-36-29-16-21(14-24(17-33)31-34-27-12-19(2)20(3)13-28(27)35-31)15-26(32)30(29)37-18-23-10-7-9-22-8-5-6-11-25(22)23/h5-16H,4,18H2,1-3H3,(H,34,35)/b24-14+. The van der Waals surface area contributed by atoms with Gasteiger partial charge < -0.3 is 14.5 Å². The van der Waals surface area contributed by atoms with E-state index in [0.717, 1.165) is 25.7 Å². The molecule has 5 nitrogen and oxygen atoms in total. The quantitative estimate of drug-likeness (QED) is 0.152. The van der Waals surface area contributed by atoms with Crippen molar-refractivity contribution in [3.63, 3.8) is 0 Å². The molecule has 1 aromatic heterocycles. The first kappa shape index (κ1) is 24.8. The van der Waals surface area contributed by atoms with Gasteiger partial charge in [0.25, 0.3) is 0 Å². The van der Waals surface area contributed by atoms with Crippen molar-refractivity contribution < 1.29 is 9.47 Å². The number of halogens is 1. The molecule has 0 atom stereocenters. The summed E-state index contributed by atoms with van der Waals surface area (Å²) in [4.78, 5) is 7.96. The third kappa shape index (κ3) is 5.18. The van der Waals surface area contributed by atoms with Crippen LogP contribution < -0.4 is 9.47 Å². The molecule has 0 spiro atoms. The van der Waals surface area contributed by atoms with E-state index in [1.54, 1.807) is 0 Å². The smallest absolute Gasteiger partial charge is 0.175 e. The molecule has 1 heterocycles. The van der Waals surface area contributed by atoms with Crippen molar-refractivity contribution in [1.82, 2.24) is 9.97 Å². The Morgan fingerprint density at radius 3 is 2.62 bits per heavy atom. The fraction of sp³-hybridized carbons (Fsp3) is 0.161. The number of benzene rings is 4. The van der Waals surface area contributed by atoms with Gasteiger partial charge in [0.1, 0.15) is 18.5 Å². The molecule has 5 rings (SSSR count). The molecule has 0 saturated heterocycles. The fourth-order valence-electron chi connectivity index (χ4n) is 4.36. The zero-order valence-corrected chi connectivity index (χ0v) is 23.1. The van der Waals surface area contributed by atoms with E-state index in [1.807, 2.05) is 49.4 Å². The molecule has 5 aromatic rings. The zero-order chi connectivity index (χ0) is 25.9. The van der Waals surface area contributed by atoms with Crippen LogP contribution in [0.3, 0.4) is 0 Å². The van der Waals surface area contributed by atoms with Gasteiger partial charge in [0.2, 0.25) is 0 Å². The molecule has 0 fully saturated rings. The molecule has 0 radical (unpaired) electrons. The second-order valence-corrected chi connectivity index (χ2v) is 10.1. The highest BCUT2D eigenvalue weighted by molar-refractivity contribution is 14.1. The SMILES string of the molecule is CCOc1cc(/C=C(\C#N)c2nc3cc(C)c(C)cc3[nH]2)cc(I)c1OCc1cccc2ccccc12. The summed E-state index contributed by atoms with van der Waals surface area (Å²) in [7, 11) is 0. The number of aryl methyl sites for hydroxylation is 2. The lowest BCUT2D eigenvalue weighted by molar-refractivity contribution is 0.268. The van der Waals surface area contributed by atoms with Crippen LogP contribution in [0.1, 0.15) is 35.0 Å². The summed E-state index contributed by atoms with van der Waals surface area (Å²) in [5.41, 5.74) is 6.52. The minimum absolute atomic E-state index is 0.424. The van der Waals surface area contributed by atoms with E-state index >= 15 is 0 Å². The van der Waals surface area contributed by atoms with E-state index in [2.05, 4.69) is 82.8 Å². The average molecular weight is 599 g/mol. The van der Waals surface area contributed by atoms with Crippen molar-refractivity contribution in [3.8, 4) is 17.6 Å². The summed E-state index contributed by atoms with van der Waals surface area (Å²) in [6.07, 6.45) is 1.83. The number of nitrogens with zero attached hydrogens (tertiary/aromatic N) is 2. The van der Waals surface area contributed by atoms with Gasteiger partial charge in [-0.05, 0) is 107 Å². The number of ether oxygens (including phenoxy) is 2. The molecule has 184 valence electrons. The van der Waals surface area contributed by atoms with Crippen molar-refractivity contribution in [2.24, 2.45) is 0 Å². The van der Waals surface area contributed by atoms with Crippen LogP contribution in [0.2, 0.25) is 0 Å². The summed E-state index contributed by atoms with van der Waals surface area (Å²) in [6.45, 7) is 7.00. The molecule has 0 unspecified atom stereocenters. The van der Waals surface area contributed by atoms with Gasteiger partial charge in [-0.15, -0.1) is 0 Å². The van der Waals surface area contributed by atoms with E-state index in [1.165, 1.54) is 21.9 Å². The molecule has 0 amide bonds. The van der Waals surface area contributed by atoms with E-state index in [9.17, 15) is 5.26 Å². The first-order chi connectivity index (χ1) is 18.0. The zero-order valence-electron chi connectivity index (χ0n) is 20.9. The molecule has 0 aliphatic carbocycles. The number of nitrogens with one attached hydrogen (secondary N) is 1. The van der Waals surface area contributed by atoms with E-state index in [-0.39, 0.29) is 0 Å². The second kappa shape index (κ2) is 10.7. The number of aromatic nitrogens is 2. The van der Waals surface area contributed by atoms with Crippen molar-refractivity contribution in [2.75, 3.05) is 6.61 Å². The van der Waals surface area contributed by atoms with Gasteiger partial charge in [0, 0.05) is 0 Å². The maximum Gasteiger partial charge on any atom is 0.175 e. The van der Waals surface area contributed by atoms with Crippen molar-refractivity contribution in [3.05, 3.63) is 98.4 Å². The monoisotopic (exact) mass is 599 g/mol. The molecule has 0 saturated carbocycles. The molecule has 0 aliphatic heterocycles. The Morgan fingerprint density at radius 1 is 1.03 bits per heavy atom. The van der Waals surface area contributed by atoms with Crippen LogP contribution in [-0.2, 0) is 6.61 Å². The summed E-state index contributed by atoms with van der Waals surface area (Å²) >= 11 is 2.26. The summed E-state index contributed by atoms with van der Waals surface area (Å²) < 4.78 is 13.2. The third-order valence-electron chi connectivity index (χ3n) is 6.37. The maximum atomic E-state index is 9.93. The fourth-order valence-corrected chi connectivity index (χ4v) is 5.14. The van der Waals surface area contributed by atoms with Crippen LogP contribution in [0.15, 0.2) is 66.7 Å². The Morgan fingerprint density at radius 2 is 1.81 bits per heavy atom. The molecule has 1 N–H and O–H groups in total. The van der Waals surface area contributed by atoms with Crippen LogP contribution in [0.25, 0.3) is 33.5 Å². The van der Waals surface area contributed by atoms with Gasteiger partial charge in [0.05, 0.1) is 26.8 Å². The van der Waals surface area contributed by atoms with Gasteiger partial charge in [-0.1, -0.05) is 42.5 Å². The number of imidazole rings is 1. The molecule has 0 bridgehead atoms. The Kier molecular flexibility index (Phi) is 7.15. The topological polar surface area (TPSA) is 70.9 Å². The van der Waals surface area contributed by atoms with E-state index in [0.29, 0.717) is 36.1 Å². The normalized spacial score (nSPS) is 11.6. The van der Waals surface area contributed by atoms with Gasteiger partial charge in [-0.2, -0.15) is 5.26 Å². The van der Waals surface area contributed by atoms with Crippen molar-refractivity contribution in [2.45, 2.75) is 27.4 Å². The first-order valence-corrected chi connectivity index (χ1v) is 13.2. The highest BCUT2D eigenvalue weighted by atomic mass is 127. The Labute approximate surface area is 229 Å². The number of allylic oxidation sites excluding steroid dienone is 1. The number of aromatic amines is 1. The largest absolute Gasteiger partial charge is 0.490 e. The van der Waals surface area contributed by atoms with Gasteiger partial charge in [-0.25, -0.2) is 4.98 Å². The number of fused-ring (bicyclic) bond motifs is 2. The van der Waals surface area contributed by atoms with Crippen LogP contribution in [-0.4, -0.2) is 16.6 Å². The Balaban J connectivity index is 1.47. The lowest BCUT2D eigenvalue weighted by atomic mass is 10.1. The number of hydrogen-bond acceptors (Lipinski definition) is 4. The lowest BCUT2D eigenvalue weighted by Gasteiger charge is -2.16. The van der Waals surface area contributed by atoms with Crippen LogP contribution in [0.4, 0.5) is 0 Å². The Bertz CT molecular complexity index is 1650. The number of nitriles is 1. The lowest BCUT2D eigenvalue weighted by Crippen LogP contribution is -2.02. The molecular formula is C31H26IN3O2. The summed E-state index contributed by atoms with van der Waals surface area (Å²) in [5, 5.41) is 12.3. The number of H-pyrrole nitrogens is 1. The number of hydrogen-bond donors (Lipinski definition) is 1. The average Bonchev–Trinajstić information content (AvgIpc) is 3.29. The predicted molar refractivity (Wildman–Crippen MR) is 158 cm³/mol. The molecule has 6 heteroatoms. The highest BCUT2D eigenvalue weighted by Crippen LogP contribution is 2.36. The van der Waals surface area contributed by atoms with E-state index < -0.39 is 0 Å². The van der Waals surface area contributed by atoms with Crippen molar-refractivity contribution >= 4 is 56.0 Å². The van der Waals surface area contributed by atoms with Crippen molar-refractivity contribution in [1.29, 1.82) is 5.26 Å². The van der Waals surface area contributed by atoms with Crippen LogP contribution in [0.5, 0.6) is 11.5 Å². The predicted octanol–water partition coefficient (Wildman–Crippen LogP) is 7.98. The summed E-state index contributed by atoms with van der Waals surface area (Å²) in [6, 6.07) is 24.8. The minimum atomic E-state index is 0.424. The molecule has 37 heavy (non-hydrogen) atoms. The van der Waals surface area contributed by atoms with Crippen LogP contribution in [0, 0.1) is 28.7 Å². The Hall–Kier alpha value is -3.83. The molecule has 4 aromatic carbocycles. The van der Waals surface area contributed by atoms with Gasteiger partial charge in [0.15, 0.2) is 11.5 Å². The van der Waals surface area contributed by atoms with Crippen LogP contribution >= 0.6 is 22.6 Å². The maximum absolute atomic E-state index is 9.93. The van der Waals surface area contributed by atoms with Gasteiger partial charge in [-0.3, -0.25) is 0 Å². The highest BCUT2D eigenvalue weighted by Gasteiger charge is 2.15. The third-order valence-corrected chi connectivity index (χ3v) is 7.17. The summed E-state index contributed by atoms with van der Waals surface area (Å²) in [5.74, 6) is 1.89. The first-order valence-electron chi connectivity index (χ1n) is 12.1. The second-order valence-electron chi connectivity index (χ2n) is 8.90. The number of rotatable bonds is 7. The molecule has 0 aliphatic rings.